The number of benzene rings is 2. The van der Waals surface area contributed by atoms with Crippen molar-refractivity contribution in [2.75, 3.05) is 5.32 Å². The Bertz CT molecular complexity index is 1590. The number of fused-ring (bicyclic) bond motifs is 4. The SMILES string of the molecule is Cc1sc2c(c1C)C(c1ccc(Cl)cc1)=N[C@@H](CC(=O)Nc1cc3c(cc1Cl)COC3)c1nnc(C)n1-2. The molecule has 1 atom stereocenters. The fourth-order valence-electron chi connectivity index (χ4n) is 4.80. The highest BCUT2D eigenvalue weighted by Gasteiger charge is 2.32. The van der Waals surface area contributed by atoms with Gasteiger partial charge in [-0.05, 0) is 61.7 Å². The highest BCUT2D eigenvalue weighted by molar-refractivity contribution is 7.15. The predicted molar refractivity (Wildman–Crippen MR) is 146 cm³/mol. The van der Waals surface area contributed by atoms with Crippen LogP contribution in [0.25, 0.3) is 5.00 Å². The van der Waals surface area contributed by atoms with Crippen LogP contribution in [0, 0.1) is 20.8 Å². The van der Waals surface area contributed by atoms with Crippen LogP contribution in [-0.2, 0) is 22.7 Å². The maximum atomic E-state index is 13.3. The molecule has 2 aromatic carbocycles. The molecule has 2 aliphatic heterocycles. The number of ether oxygens (including phenoxy) is 1. The number of halogens is 2. The van der Waals surface area contributed by atoms with E-state index in [1.54, 1.807) is 11.3 Å². The molecule has 4 aromatic rings. The van der Waals surface area contributed by atoms with Gasteiger partial charge in [0.05, 0.1) is 36.1 Å². The molecule has 4 heterocycles. The lowest BCUT2D eigenvalue weighted by atomic mass is 9.99. The molecule has 0 aliphatic carbocycles. The summed E-state index contributed by atoms with van der Waals surface area (Å²) in [7, 11) is 0. The van der Waals surface area contributed by atoms with Gasteiger partial charge in [-0.1, -0.05) is 35.3 Å². The summed E-state index contributed by atoms with van der Waals surface area (Å²) >= 11 is 14.3. The van der Waals surface area contributed by atoms with E-state index >= 15 is 0 Å². The maximum Gasteiger partial charge on any atom is 0.227 e. The first-order valence-corrected chi connectivity index (χ1v) is 13.4. The lowest BCUT2D eigenvalue weighted by Crippen LogP contribution is -2.17. The smallest absolute Gasteiger partial charge is 0.227 e. The molecule has 2 aliphatic rings. The minimum Gasteiger partial charge on any atom is -0.372 e. The van der Waals surface area contributed by atoms with Crippen LogP contribution in [0.4, 0.5) is 5.69 Å². The average Bonchev–Trinajstić information content (AvgIpc) is 3.53. The molecule has 6 rings (SSSR count). The molecular weight excluding hydrogens is 529 g/mol. The number of carbonyl (C=O) groups is 1. The zero-order valence-electron chi connectivity index (χ0n) is 20.4. The molecule has 0 saturated carbocycles. The molecule has 10 heteroatoms. The summed E-state index contributed by atoms with van der Waals surface area (Å²) in [6, 6.07) is 10.8. The zero-order valence-corrected chi connectivity index (χ0v) is 22.8. The van der Waals surface area contributed by atoms with Gasteiger partial charge < -0.3 is 10.1 Å². The van der Waals surface area contributed by atoms with Gasteiger partial charge in [0.1, 0.15) is 16.9 Å². The minimum absolute atomic E-state index is 0.0755. The van der Waals surface area contributed by atoms with Crippen molar-refractivity contribution in [1.29, 1.82) is 0 Å². The van der Waals surface area contributed by atoms with Crippen molar-refractivity contribution in [3.63, 3.8) is 0 Å². The van der Waals surface area contributed by atoms with E-state index in [-0.39, 0.29) is 12.3 Å². The van der Waals surface area contributed by atoms with E-state index in [9.17, 15) is 4.79 Å². The van der Waals surface area contributed by atoms with Crippen LogP contribution in [0.2, 0.25) is 10.0 Å². The lowest BCUT2D eigenvalue weighted by molar-refractivity contribution is -0.116. The molecule has 37 heavy (non-hydrogen) atoms. The third kappa shape index (κ3) is 4.28. The molecular formula is C27H23Cl2N5O2S. The number of anilines is 1. The fraction of sp³-hybridized carbons (Fsp3) is 0.259. The van der Waals surface area contributed by atoms with Crippen LogP contribution in [-0.4, -0.2) is 26.4 Å². The molecule has 188 valence electrons. The monoisotopic (exact) mass is 551 g/mol. The third-order valence-electron chi connectivity index (χ3n) is 6.81. The number of carbonyl (C=O) groups excluding carboxylic acids is 1. The summed E-state index contributed by atoms with van der Waals surface area (Å²) in [6.07, 6.45) is 0.0755. The van der Waals surface area contributed by atoms with Gasteiger partial charge in [0, 0.05) is 21.0 Å². The van der Waals surface area contributed by atoms with Crippen molar-refractivity contribution in [2.45, 2.75) is 46.4 Å². The summed E-state index contributed by atoms with van der Waals surface area (Å²) in [5.74, 6) is 1.17. The van der Waals surface area contributed by atoms with Crippen molar-refractivity contribution in [2.24, 2.45) is 4.99 Å². The van der Waals surface area contributed by atoms with Gasteiger partial charge in [-0.25, -0.2) is 0 Å². The first-order valence-electron chi connectivity index (χ1n) is 11.9. The van der Waals surface area contributed by atoms with E-state index in [1.165, 1.54) is 4.88 Å². The summed E-state index contributed by atoms with van der Waals surface area (Å²) in [4.78, 5) is 19.7. The van der Waals surface area contributed by atoms with Crippen LogP contribution in [0.15, 0.2) is 41.4 Å². The van der Waals surface area contributed by atoms with Crippen molar-refractivity contribution in [3.05, 3.63) is 90.8 Å². The van der Waals surface area contributed by atoms with E-state index in [2.05, 4.69) is 29.4 Å². The number of amides is 1. The summed E-state index contributed by atoms with van der Waals surface area (Å²) in [5.41, 5.74) is 6.55. The number of aliphatic imine (C=N–C) groups is 1. The Hall–Kier alpha value is -3.04. The minimum atomic E-state index is -0.553. The molecule has 0 spiro atoms. The molecule has 0 bridgehead atoms. The number of hydrogen-bond acceptors (Lipinski definition) is 6. The van der Waals surface area contributed by atoms with E-state index in [0.29, 0.717) is 34.8 Å². The second-order valence-corrected chi connectivity index (χ2v) is 11.3. The molecule has 0 saturated heterocycles. The van der Waals surface area contributed by atoms with Crippen LogP contribution in [0.3, 0.4) is 0 Å². The molecule has 0 fully saturated rings. The Morgan fingerprint density at radius 2 is 1.84 bits per heavy atom. The first kappa shape index (κ1) is 24.3. The van der Waals surface area contributed by atoms with Crippen molar-refractivity contribution >= 4 is 51.8 Å². The highest BCUT2D eigenvalue weighted by Crippen LogP contribution is 2.40. The van der Waals surface area contributed by atoms with Gasteiger partial charge in [-0.2, -0.15) is 0 Å². The number of rotatable bonds is 4. The van der Waals surface area contributed by atoms with Gasteiger partial charge in [0.25, 0.3) is 0 Å². The molecule has 7 nitrogen and oxygen atoms in total. The van der Waals surface area contributed by atoms with Crippen LogP contribution >= 0.6 is 34.5 Å². The van der Waals surface area contributed by atoms with Crippen LogP contribution in [0.1, 0.15) is 56.8 Å². The van der Waals surface area contributed by atoms with Gasteiger partial charge in [-0.3, -0.25) is 14.4 Å². The van der Waals surface area contributed by atoms with Gasteiger partial charge in [0.15, 0.2) is 5.82 Å². The maximum absolute atomic E-state index is 13.3. The molecule has 1 amide bonds. The molecule has 2 aromatic heterocycles. The van der Waals surface area contributed by atoms with Crippen LogP contribution in [0.5, 0.6) is 0 Å². The Morgan fingerprint density at radius 1 is 1.11 bits per heavy atom. The number of hydrogen-bond donors (Lipinski definition) is 1. The number of thiophene rings is 1. The highest BCUT2D eigenvalue weighted by atomic mass is 35.5. The summed E-state index contributed by atoms with van der Waals surface area (Å²) < 4.78 is 7.53. The van der Waals surface area contributed by atoms with Gasteiger partial charge in [-0.15, -0.1) is 21.5 Å². The number of nitrogens with one attached hydrogen (secondary N) is 1. The Labute approximate surface area is 228 Å². The Balaban J connectivity index is 1.42. The standard InChI is InChI=1S/C27H23Cl2N5O2S/c1-13-14(2)37-27-24(13)25(16-4-6-19(28)7-5-16)31-22(26-33-32-15(3)34(26)27)10-23(35)30-21-9-18-12-36-11-17(18)8-20(21)29/h4-9,22H,10-12H2,1-3H3,(H,30,35)/t22-/m0/s1. The summed E-state index contributed by atoms with van der Waals surface area (Å²) in [6.45, 7) is 7.16. The number of aromatic nitrogens is 3. The van der Waals surface area contributed by atoms with E-state index in [0.717, 1.165) is 44.4 Å². The normalized spacial score (nSPS) is 16.0. The third-order valence-corrected chi connectivity index (χ3v) is 8.57. The van der Waals surface area contributed by atoms with Gasteiger partial charge in [0.2, 0.25) is 5.91 Å². The fourth-order valence-corrected chi connectivity index (χ4v) is 6.38. The Kier molecular flexibility index (Phi) is 6.15. The van der Waals surface area contributed by atoms with E-state index in [4.69, 9.17) is 32.9 Å². The molecule has 0 unspecified atom stereocenters. The van der Waals surface area contributed by atoms with Crippen molar-refractivity contribution in [3.8, 4) is 5.00 Å². The first-order chi connectivity index (χ1) is 17.8. The Morgan fingerprint density at radius 3 is 2.59 bits per heavy atom. The topological polar surface area (TPSA) is 81.4 Å². The second-order valence-electron chi connectivity index (χ2n) is 9.25. The van der Waals surface area contributed by atoms with Crippen molar-refractivity contribution < 1.29 is 9.53 Å². The zero-order chi connectivity index (χ0) is 25.8. The second kappa shape index (κ2) is 9.36. The lowest BCUT2D eigenvalue weighted by Gasteiger charge is -2.14. The largest absolute Gasteiger partial charge is 0.372 e. The molecule has 0 radical (unpaired) electrons. The van der Waals surface area contributed by atoms with E-state index < -0.39 is 6.04 Å². The number of nitrogens with zero attached hydrogens (tertiary/aromatic N) is 4. The average molecular weight is 552 g/mol. The van der Waals surface area contributed by atoms with Crippen LogP contribution < -0.4 is 5.32 Å². The number of aryl methyl sites for hydroxylation is 2. The summed E-state index contributed by atoms with van der Waals surface area (Å²) in [5, 5.41) is 13.9. The van der Waals surface area contributed by atoms with Crippen molar-refractivity contribution in [1.82, 2.24) is 14.8 Å². The van der Waals surface area contributed by atoms with Gasteiger partial charge >= 0.3 is 0 Å². The quantitative estimate of drug-likeness (QED) is 0.313. The predicted octanol–water partition coefficient (Wildman–Crippen LogP) is 6.51. The van der Waals surface area contributed by atoms with E-state index in [1.807, 2.05) is 47.9 Å². The molecule has 1 N–H and O–H groups in total.